The van der Waals surface area contributed by atoms with E-state index in [-0.39, 0.29) is 12.5 Å². The highest BCUT2D eigenvalue weighted by Crippen LogP contribution is 2.29. The first kappa shape index (κ1) is 21.9. The van der Waals surface area contributed by atoms with Crippen LogP contribution in [0.3, 0.4) is 0 Å². The van der Waals surface area contributed by atoms with Gasteiger partial charge in [-0.15, -0.1) is 0 Å². The first-order chi connectivity index (χ1) is 13.4. The molecule has 0 bridgehead atoms. The van der Waals surface area contributed by atoms with E-state index in [0.717, 1.165) is 28.2 Å². The SMILES string of the molecule is CCOc1ccc(CCNC(=O)COc2c(C)cc(Cl)cc2C)cc1OCC. The van der Waals surface area contributed by atoms with E-state index in [9.17, 15) is 4.79 Å². The Morgan fingerprint density at radius 1 is 0.964 bits per heavy atom. The second-order valence-corrected chi connectivity index (χ2v) is 6.84. The monoisotopic (exact) mass is 405 g/mol. The van der Waals surface area contributed by atoms with E-state index in [2.05, 4.69) is 5.32 Å². The first-order valence-electron chi connectivity index (χ1n) is 9.49. The smallest absolute Gasteiger partial charge is 0.257 e. The van der Waals surface area contributed by atoms with Crippen LogP contribution in [0.1, 0.15) is 30.5 Å². The summed E-state index contributed by atoms with van der Waals surface area (Å²) in [6.45, 7) is 9.34. The lowest BCUT2D eigenvalue weighted by atomic mass is 10.1. The van der Waals surface area contributed by atoms with E-state index >= 15 is 0 Å². The van der Waals surface area contributed by atoms with Gasteiger partial charge in [-0.25, -0.2) is 0 Å². The Labute approximate surface area is 171 Å². The van der Waals surface area contributed by atoms with Crippen LogP contribution in [0.25, 0.3) is 0 Å². The van der Waals surface area contributed by atoms with Crippen molar-refractivity contribution in [1.82, 2.24) is 5.32 Å². The maximum Gasteiger partial charge on any atom is 0.257 e. The van der Waals surface area contributed by atoms with Gasteiger partial charge in [0, 0.05) is 11.6 Å². The predicted octanol–water partition coefficient (Wildman–Crippen LogP) is 4.49. The Kier molecular flexibility index (Phi) is 8.45. The summed E-state index contributed by atoms with van der Waals surface area (Å²) in [7, 11) is 0. The molecule has 1 N–H and O–H groups in total. The lowest BCUT2D eigenvalue weighted by Crippen LogP contribution is -2.30. The van der Waals surface area contributed by atoms with Crippen molar-refractivity contribution in [3.63, 3.8) is 0 Å². The molecular formula is C22H28ClNO4. The van der Waals surface area contributed by atoms with Crippen LogP contribution in [-0.4, -0.2) is 32.3 Å². The van der Waals surface area contributed by atoms with Crippen molar-refractivity contribution in [3.05, 3.63) is 52.0 Å². The Balaban J connectivity index is 1.84. The number of aryl methyl sites for hydroxylation is 2. The van der Waals surface area contributed by atoms with Gasteiger partial charge in [0.2, 0.25) is 0 Å². The van der Waals surface area contributed by atoms with Crippen LogP contribution in [0.4, 0.5) is 0 Å². The molecule has 2 aromatic carbocycles. The summed E-state index contributed by atoms with van der Waals surface area (Å²) in [4.78, 5) is 12.1. The van der Waals surface area contributed by atoms with Crippen LogP contribution >= 0.6 is 11.6 Å². The fourth-order valence-electron chi connectivity index (χ4n) is 2.91. The number of hydrogen-bond donors (Lipinski definition) is 1. The molecule has 0 aliphatic heterocycles. The summed E-state index contributed by atoms with van der Waals surface area (Å²) in [6.07, 6.45) is 0.692. The fraction of sp³-hybridized carbons (Fsp3) is 0.409. The normalized spacial score (nSPS) is 10.5. The number of carbonyl (C=O) groups is 1. The summed E-state index contributed by atoms with van der Waals surface area (Å²) in [5, 5.41) is 3.54. The number of hydrogen-bond acceptors (Lipinski definition) is 4. The van der Waals surface area contributed by atoms with Crippen LogP contribution in [0.2, 0.25) is 5.02 Å². The zero-order valence-electron chi connectivity index (χ0n) is 16.9. The Morgan fingerprint density at radius 2 is 1.61 bits per heavy atom. The second kappa shape index (κ2) is 10.8. The molecule has 0 radical (unpaired) electrons. The topological polar surface area (TPSA) is 56.8 Å². The summed E-state index contributed by atoms with van der Waals surface area (Å²) < 4.78 is 16.9. The summed E-state index contributed by atoms with van der Waals surface area (Å²) in [5.74, 6) is 2.00. The van der Waals surface area contributed by atoms with Crippen molar-refractivity contribution < 1.29 is 19.0 Å². The predicted molar refractivity (Wildman–Crippen MR) is 112 cm³/mol. The van der Waals surface area contributed by atoms with Gasteiger partial charge in [-0.1, -0.05) is 17.7 Å². The third kappa shape index (κ3) is 6.34. The van der Waals surface area contributed by atoms with Crippen molar-refractivity contribution in [2.24, 2.45) is 0 Å². The highest BCUT2D eigenvalue weighted by Gasteiger charge is 2.10. The third-order valence-electron chi connectivity index (χ3n) is 4.12. The molecule has 0 aromatic heterocycles. The second-order valence-electron chi connectivity index (χ2n) is 6.40. The van der Waals surface area contributed by atoms with Crippen LogP contribution in [-0.2, 0) is 11.2 Å². The molecule has 0 saturated carbocycles. The van der Waals surface area contributed by atoms with E-state index < -0.39 is 0 Å². The minimum Gasteiger partial charge on any atom is -0.490 e. The van der Waals surface area contributed by atoms with Gasteiger partial charge in [0.1, 0.15) is 5.75 Å². The number of halogens is 1. The fourth-order valence-corrected chi connectivity index (χ4v) is 3.24. The molecule has 0 heterocycles. The van der Waals surface area contributed by atoms with Crippen LogP contribution in [0.5, 0.6) is 17.2 Å². The Bertz CT molecular complexity index is 784. The Hall–Kier alpha value is -2.40. The molecule has 152 valence electrons. The number of amides is 1. The average molecular weight is 406 g/mol. The molecule has 5 nitrogen and oxygen atoms in total. The summed E-state index contributed by atoms with van der Waals surface area (Å²) in [5.41, 5.74) is 2.89. The third-order valence-corrected chi connectivity index (χ3v) is 4.33. The molecule has 2 aromatic rings. The molecule has 0 spiro atoms. The van der Waals surface area contributed by atoms with E-state index in [0.29, 0.717) is 37.0 Å². The number of nitrogens with one attached hydrogen (secondary N) is 1. The van der Waals surface area contributed by atoms with E-state index in [1.54, 1.807) is 0 Å². The van der Waals surface area contributed by atoms with Crippen LogP contribution in [0.15, 0.2) is 30.3 Å². The molecule has 1 amide bonds. The molecule has 0 fully saturated rings. The quantitative estimate of drug-likeness (QED) is 0.632. The molecular weight excluding hydrogens is 378 g/mol. The van der Waals surface area contributed by atoms with E-state index in [1.807, 2.05) is 58.0 Å². The molecule has 6 heteroatoms. The van der Waals surface area contributed by atoms with Gasteiger partial charge in [-0.3, -0.25) is 4.79 Å². The lowest BCUT2D eigenvalue weighted by Gasteiger charge is -2.14. The van der Waals surface area contributed by atoms with Gasteiger partial charge < -0.3 is 19.5 Å². The van der Waals surface area contributed by atoms with Crippen LogP contribution < -0.4 is 19.5 Å². The van der Waals surface area contributed by atoms with Crippen molar-refractivity contribution in [1.29, 1.82) is 0 Å². The molecule has 0 atom stereocenters. The van der Waals surface area contributed by atoms with Gasteiger partial charge in [-0.2, -0.15) is 0 Å². The minimum atomic E-state index is -0.162. The van der Waals surface area contributed by atoms with Gasteiger partial charge in [0.25, 0.3) is 5.91 Å². The van der Waals surface area contributed by atoms with Crippen LogP contribution in [0, 0.1) is 13.8 Å². The first-order valence-corrected chi connectivity index (χ1v) is 9.87. The van der Waals surface area contributed by atoms with E-state index in [4.69, 9.17) is 25.8 Å². The van der Waals surface area contributed by atoms with E-state index in [1.165, 1.54) is 0 Å². The maximum atomic E-state index is 12.1. The highest BCUT2D eigenvalue weighted by atomic mass is 35.5. The van der Waals surface area contributed by atoms with Crippen molar-refractivity contribution in [3.8, 4) is 17.2 Å². The molecule has 0 aliphatic carbocycles. The largest absolute Gasteiger partial charge is 0.490 e. The van der Waals surface area contributed by atoms with Gasteiger partial charge in [0.15, 0.2) is 18.1 Å². The molecule has 0 unspecified atom stereocenters. The maximum absolute atomic E-state index is 12.1. The van der Waals surface area contributed by atoms with Gasteiger partial charge >= 0.3 is 0 Å². The van der Waals surface area contributed by atoms with Crippen molar-refractivity contribution in [2.75, 3.05) is 26.4 Å². The molecule has 0 saturated heterocycles. The standard InChI is InChI=1S/C22H28ClNO4/c1-5-26-19-8-7-17(13-20(19)27-6-2)9-10-24-21(25)14-28-22-15(3)11-18(23)12-16(22)4/h7-8,11-13H,5-6,9-10,14H2,1-4H3,(H,24,25). The van der Waals surface area contributed by atoms with Gasteiger partial charge in [-0.05, 0) is 75.1 Å². The zero-order valence-corrected chi connectivity index (χ0v) is 17.7. The number of carbonyl (C=O) groups excluding carboxylic acids is 1. The van der Waals surface area contributed by atoms with Gasteiger partial charge in [0.05, 0.1) is 13.2 Å². The Morgan fingerprint density at radius 3 is 2.25 bits per heavy atom. The number of rotatable bonds is 10. The molecule has 0 aliphatic rings. The van der Waals surface area contributed by atoms with Crippen molar-refractivity contribution >= 4 is 17.5 Å². The van der Waals surface area contributed by atoms with Crippen molar-refractivity contribution in [2.45, 2.75) is 34.1 Å². The lowest BCUT2D eigenvalue weighted by molar-refractivity contribution is -0.123. The summed E-state index contributed by atoms with van der Waals surface area (Å²) >= 11 is 6.02. The number of benzene rings is 2. The zero-order chi connectivity index (χ0) is 20.5. The number of ether oxygens (including phenoxy) is 3. The molecule has 2 rings (SSSR count). The average Bonchev–Trinajstić information content (AvgIpc) is 2.63. The highest BCUT2D eigenvalue weighted by molar-refractivity contribution is 6.30. The minimum absolute atomic E-state index is 0.0310. The molecule has 28 heavy (non-hydrogen) atoms. The summed E-state index contributed by atoms with van der Waals surface area (Å²) in [6, 6.07) is 9.49.